The van der Waals surface area contributed by atoms with Crippen LogP contribution in [-0.4, -0.2) is 39.6 Å². The van der Waals surface area contributed by atoms with E-state index in [0.717, 1.165) is 19.3 Å². The molecule has 1 aliphatic heterocycles. The molecular weight excluding hydrogens is 244 g/mol. The summed E-state index contributed by atoms with van der Waals surface area (Å²) in [7, 11) is 0. The van der Waals surface area contributed by atoms with Crippen LogP contribution in [0.15, 0.2) is 0 Å². The molecule has 5 nitrogen and oxygen atoms in total. The van der Waals surface area contributed by atoms with Crippen molar-refractivity contribution in [2.24, 2.45) is 0 Å². The molecule has 2 atom stereocenters. The van der Waals surface area contributed by atoms with Crippen molar-refractivity contribution in [1.29, 1.82) is 0 Å². The SMILES string of the molecule is CCC1CCC(C)N1C(=O)NC(C)(C)CCC(=O)O. The molecule has 0 aliphatic carbocycles. The van der Waals surface area contributed by atoms with Gasteiger partial charge in [-0.3, -0.25) is 4.79 Å². The first-order valence-corrected chi connectivity index (χ1v) is 7.09. The summed E-state index contributed by atoms with van der Waals surface area (Å²) in [6.07, 6.45) is 3.57. The molecule has 19 heavy (non-hydrogen) atoms. The standard InChI is InChI=1S/C14H26N2O3/c1-5-11-7-6-10(2)16(11)13(19)15-14(3,4)9-8-12(17)18/h10-11H,5-9H2,1-4H3,(H,15,19)(H,17,18). The molecule has 0 radical (unpaired) electrons. The van der Waals surface area contributed by atoms with Crippen LogP contribution in [-0.2, 0) is 4.79 Å². The summed E-state index contributed by atoms with van der Waals surface area (Å²) in [5.41, 5.74) is -0.490. The van der Waals surface area contributed by atoms with Gasteiger partial charge in [0.05, 0.1) is 0 Å². The Hall–Kier alpha value is -1.26. The summed E-state index contributed by atoms with van der Waals surface area (Å²) in [4.78, 5) is 24.9. The summed E-state index contributed by atoms with van der Waals surface area (Å²) >= 11 is 0. The lowest BCUT2D eigenvalue weighted by Gasteiger charge is -2.33. The number of nitrogens with one attached hydrogen (secondary N) is 1. The molecule has 0 saturated carbocycles. The van der Waals surface area contributed by atoms with Crippen LogP contribution in [0.3, 0.4) is 0 Å². The van der Waals surface area contributed by atoms with Crippen LogP contribution in [0.25, 0.3) is 0 Å². The molecule has 2 N–H and O–H groups in total. The molecule has 1 fully saturated rings. The molecule has 1 saturated heterocycles. The quantitative estimate of drug-likeness (QED) is 0.806. The van der Waals surface area contributed by atoms with Gasteiger partial charge in [-0.05, 0) is 46.5 Å². The van der Waals surface area contributed by atoms with Crippen LogP contribution in [0.2, 0.25) is 0 Å². The fraction of sp³-hybridized carbons (Fsp3) is 0.857. The molecule has 2 unspecified atom stereocenters. The van der Waals surface area contributed by atoms with Gasteiger partial charge in [-0.25, -0.2) is 4.79 Å². The maximum atomic E-state index is 12.4. The molecule has 0 aromatic carbocycles. The third-order valence-corrected chi connectivity index (χ3v) is 3.90. The summed E-state index contributed by atoms with van der Waals surface area (Å²) < 4.78 is 0. The van der Waals surface area contributed by atoms with E-state index in [1.165, 1.54) is 0 Å². The Labute approximate surface area is 115 Å². The Kier molecular flexibility index (Phi) is 5.20. The number of amides is 2. The number of hydrogen-bond donors (Lipinski definition) is 2. The van der Waals surface area contributed by atoms with Crippen molar-refractivity contribution >= 4 is 12.0 Å². The van der Waals surface area contributed by atoms with E-state index >= 15 is 0 Å². The first-order chi connectivity index (χ1) is 8.76. The van der Waals surface area contributed by atoms with Gasteiger partial charge in [0.15, 0.2) is 0 Å². The fourth-order valence-corrected chi connectivity index (χ4v) is 2.67. The summed E-state index contributed by atoms with van der Waals surface area (Å²) in [6.45, 7) is 7.91. The molecule has 1 rings (SSSR count). The molecule has 0 aromatic heterocycles. The van der Waals surface area contributed by atoms with Crippen molar-refractivity contribution in [2.45, 2.75) is 77.4 Å². The summed E-state index contributed by atoms with van der Waals surface area (Å²) in [6, 6.07) is 0.512. The minimum absolute atomic E-state index is 0.0627. The van der Waals surface area contributed by atoms with E-state index in [4.69, 9.17) is 5.11 Å². The number of likely N-dealkylation sites (tertiary alicyclic amines) is 1. The number of aliphatic carboxylic acids is 1. The maximum Gasteiger partial charge on any atom is 0.318 e. The second kappa shape index (κ2) is 6.26. The number of urea groups is 1. The highest BCUT2D eigenvalue weighted by Crippen LogP contribution is 2.26. The minimum atomic E-state index is -0.830. The number of nitrogens with zero attached hydrogens (tertiary/aromatic N) is 1. The Morgan fingerprint density at radius 1 is 1.37 bits per heavy atom. The molecule has 1 aliphatic rings. The molecule has 0 spiro atoms. The van der Waals surface area contributed by atoms with Crippen LogP contribution in [0.1, 0.15) is 59.8 Å². The van der Waals surface area contributed by atoms with Gasteiger partial charge in [-0.2, -0.15) is 0 Å². The number of rotatable bonds is 5. The molecule has 5 heteroatoms. The van der Waals surface area contributed by atoms with E-state index in [-0.39, 0.29) is 18.5 Å². The lowest BCUT2D eigenvalue weighted by molar-refractivity contribution is -0.137. The molecule has 110 valence electrons. The lowest BCUT2D eigenvalue weighted by atomic mass is 9.98. The van der Waals surface area contributed by atoms with Gasteiger partial charge < -0.3 is 15.3 Å². The molecule has 1 heterocycles. The normalized spacial score (nSPS) is 23.5. The minimum Gasteiger partial charge on any atom is -0.481 e. The fourth-order valence-electron chi connectivity index (χ4n) is 2.67. The number of carbonyl (C=O) groups excluding carboxylic acids is 1. The molecule has 0 bridgehead atoms. The van der Waals surface area contributed by atoms with Crippen LogP contribution >= 0.6 is 0 Å². The van der Waals surface area contributed by atoms with Crippen LogP contribution in [0.5, 0.6) is 0 Å². The topological polar surface area (TPSA) is 69.6 Å². The number of carboxylic acids is 1. The Morgan fingerprint density at radius 2 is 2.00 bits per heavy atom. The van der Waals surface area contributed by atoms with Crippen molar-refractivity contribution in [3.63, 3.8) is 0 Å². The third-order valence-electron chi connectivity index (χ3n) is 3.90. The van der Waals surface area contributed by atoms with Gasteiger partial charge in [0, 0.05) is 24.0 Å². The average Bonchev–Trinajstić information content (AvgIpc) is 2.67. The zero-order valence-electron chi connectivity index (χ0n) is 12.4. The first-order valence-electron chi connectivity index (χ1n) is 7.09. The van der Waals surface area contributed by atoms with Crippen molar-refractivity contribution in [3.8, 4) is 0 Å². The smallest absolute Gasteiger partial charge is 0.318 e. The maximum absolute atomic E-state index is 12.4. The van der Waals surface area contributed by atoms with E-state index in [9.17, 15) is 9.59 Å². The van der Waals surface area contributed by atoms with E-state index in [2.05, 4.69) is 19.2 Å². The predicted molar refractivity (Wildman–Crippen MR) is 74.1 cm³/mol. The largest absolute Gasteiger partial charge is 0.481 e. The number of hydrogen-bond acceptors (Lipinski definition) is 2. The second-order valence-corrected chi connectivity index (χ2v) is 6.10. The Morgan fingerprint density at radius 3 is 2.53 bits per heavy atom. The van der Waals surface area contributed by atoms with Crippen LogP contribution < -0.4 is 5.32 Å². The summed E-state index contributed by atoms with van der Waals surface area (Å²) in [5.74, 6) is -0.830. The van der Waals surface area contributed by atoms with E-state index in [1.54, 1.807) is 0 Å². The zero-order valence-corrected chi connectivity index (χ0v) is 12.4. The van der Waals surface area contributed by atoms with Gasteiger partial charge in [-0.15, -0.1) is 0 Å². The van der Waals surface area contributed by atoms with Gasteiger partial charge in [0.2, 0.25) is 0 Å². The average molecular weight is 270 g/mol. The molecule has 2 amide bonds. The van der Waals surface area contributed by atoms with Crippen molar-refractivity contribution in [1.82, 2.24) is 10.2 Å². The highest BCUT2D eigenvalue weighted by molar-refractivity contribution is 5.76. The predicted octanol–water partition coefficient (Wildman–Crippen LogP) is 2.60. The molecule has 0 aromatic rings. The van der Waals surface area contributed by atoms with E-state index in [1.807, 2.05) is 18.7 Å². The van der Waals surface area contributed by atoms with Crippen LogP contribution in [0.4, 0.5) is 4.79 Å². The van der Waals surface area contributed by atoms with Crippen LogP contribution in [0, 0.1) is 0 Å². The second-order valence-electron chi connectivity index (χ2n) is 6.10. The van der Waals surface area contributed by atoms with Gasteiger partial charge >= 0.3 is 12.0 Å². The third kappa shape index (κ3) is 4.40. The number of carboxylic acid groups (broad SMARTS) is 1. The first kappa shape index (κ1) is 15.8. The van der Waals surface area contributed by atoms with Crippen molar-refractivity contribution in [3.05, 3.63) is 0 Å². The van der Waals surface area contributed by atoms with E-state index < -0.39 is 11.5 Å². The lowest BCUT2D eigenvalue weighted by Crippen LogP contribution is -2.53. The van der Waals surface area contributed by atoms with Crippen molar-refractivity contribution < 1.29 is 14.7 Å². The zero-order chi connectivity index (χ0) is 14.6. The highest BCUT2D eigenvalue weighted by atomic mass is 16.4. The van der Waals surface area contributed by atoms with E-state index in [0.29, 0.717) is 12.5 Å². The highest BCUT2D eigenvalue weighted by Gasteiger charge is 2.35. The number of carbonyl (C=O) groups is 2. The van der Waals surface area contributed by atoms with Gasteiger partial charge in [0.25, 0.3) is 0 Å². The van der Waals surface area contributed by atoms with Gasteiger partial charge in [-0.1, -0.05) is 6.92 Å². The van der Waals surface area contributed by atoms with Gasteiger partial charge in [0.1, 0.15) is 0 Å². The van der Waals surface area contributed by atoms with Crippen molar-refractivity contribution in [2.75, 3.05) is 0 Å². The monoisotopic (exact) mass is 270 g/mol. The molecular formula is C14H26N2O3. The summed E-state index contributed by atoms with van der Waals surface area (Å²) in [5, 5.41) is 11.7. The Bertz CT molecular complexity index is 342. The Balaban J connectivity index is 2.59.